The van der Waals surface area contributed by atoms with E-state index in [4.69, 9.17) is 0 Å². The Hall–Kier alpha value is -2.97. The first-order valence-corrected chi connectivity index (χ1v) is 11.0. The summed E-state index contributed by atoms with van der Waals surface area (Å²) >= 11 is 1.60. The number of aromatic nitrogens is 3. The second-order valence-electron chi connectivity index (χ2n) is 7.69. The van der Waals surface area contributed by atoms with Crippen molar-refractivity contribution in [3.05, 3.63) is 69.6 Å². The molecule has 0 unspecified atom stereocenters. The predicted molar refractivity (Wildman–Crippen MR) is 118 cm³/mol. The van der Waals surface area contributed by atoms with Gasteiger partial charge in [-0.2, -0.15) is 5.10 Å². The highest BCUT2D eigenvalue weighted by molar-refractivity contribution is 7.17. The molecule has 1 aliphatic rings. The van der Waals surface area contributed by atoms with Crippen molar-refractivity contribution in [1.29, 1.82) is 0 Å². The van der Waals surface area contributed by atoms with E-state index in [0.717, 1.165) is 29.9 Å². The monoisotopic (exact) mass is 421 g/mol. The van der Waals surface area contributed by atoms with Crippen LogP contribution in [0.2, 0.25) is 0 Å². The number of rotatable bonds is 4. The molecule has 0 bridgehead atoms. The first kappa shape index (κ1) is 19.0. The van der Waals surface area contributed by atoms with Crippen molar-refractivity contribution in [1.82, 2.24) is 24.0 Å². The molecular weight excluding hydrogens is 398 g/mol. The summed E-state index contributed by atoms with van der Waals surface area (Å²) in [6.45, 7) is 5.74. The highest BCUT2D eigenvalue weighted by Crippen LogP contribution is 2.24. The minimum atomic E-state index is -0.222. The van der Waals surface area contributed by atoms with Crippen LogP contribution in [0.25, 0.3) is 15.7 Å². The molecule has 1 saturated heterocycles. The number of aryl methyl sites for hydroxylation is 1. The van der Waals surface area contributed by atoms with Gasteiger partial charge >= 0.3 is 0 Å². The van der Waals surface area contributed by atoms with Crippen molar-refractivity contribution in [2.24, 2.45) is 0 Å². The lowest BCUT2D eigenvalue weighted by Gasteiger charge is -2.34. The SMILES string of the molecule is Cc1nn(CC(=O)N2CCN(Cc3ccccc3)CC2)c(=O)c2cc3sccc3n12. The van der Waals surface area contributed by atoms with Crippen LogP contribution < -0.4 is 5.56 Å². The summed E-state index contributed by atoms with van der Waals surface area (Å²) in [4.78, 5) is 30.0. The third-order valence-corrected chi connectivity index (χ3v) is 6.58. The van der Waals surface area contributed by atoms with Crippen molar-refractivity contribution in [3.8, 4) is 0 Å². The molecule has 0 atom stereocenters. The molecule has 7 nitrogen and oxygen atoms in total. The summed E-state index contributed by atoms with van der Waals surface area (Å²) in [6.07, 6.45) is 0. The number of carbonyl (C=O) groups excluding carboxylic acids is 1. The molecule has 1 fully saturated rings. The summed E-state index contributed by atoms with van der Waals surface area (Å²) in [5.74, 6) is 0.652. The van der Waals surface area contributed by atoms with E-state index in [1.807, 2.05) is 51.9 Å². The molecule has 8 heteroatoms. The number of hydrogen-bond acceptors (Lipinski definition) is 5. The van der Waals surface area contributed by atoms with Gasteiger partial charge in [-0.15, -0.1) is 11.3 Å². The molecule has 0 N–H and O–H groups in total. The van der Waals surface area contributed by atoms with Crippen molar-refractivity contribution in [2.45, 2.75) is 20.0 Å². The highest BCUT2D eigenvalue weighted by atomic mass is 32.1. The highest BCUT2D eigenvalue weighted by Gasteiger charge is 2.23. The maximum Gasteiger partial charge on any atom is 0.291 e. The third-order valence-electron chi connectivity index (χ3n) is 5.72. The topological polar surface area (TPSA) is 62.9 Å². The second kappa shape index (κ2) is 7.70. The van der Waals surface area contributed by atoms with E-state index in [9.17, 15) is 9.59 Å². The largest absolute Gasteiger partial charge is 0.339 e. The lowest BCUT2D eigenvalue weighted by Crippen LogP contribution is -2.49. The fourth-order valence-electron chi connectivity index (χ4n) is 4.16. The van der Waals surface area contributed by atoms with Crippen LogP contribution in [-0.2, 0) is 17.9 Å². The van der Waals surface area contributed by atoms with Gasteiger partial charge in [0, 0.05) is 32.7 Å². The Labute approximate surface area is 177 Å². The molecule has 0 saturated carbocycles. The minimum Gasteiger partial charge on any atom is -0.339 e. The van der Waals surface area contributed by atoms with Crippen LogP contribution in [0.15, 0.2) is 52.6 Å². The van der Waals surface area contributed by atoms with E-state index < -0.39 is 0 Å². The number of carbonyl (C=O) groups is 1. The minimum absolute atomic E-state index is 0.0202. The van der Waals surface area contributed by atoms with Crippen LogP contribution in [0.1, 0.15) is 11.4 Å². The van der Waals surface area contributed by atoms with Crippen molar-refractivity contribution >= 4 is 33.0 Å². The zero-order valence-electron chi connectivity index (χ0n) is 16.8. The molecule has 1 amide bonds. The first-order valence-electron chi connectivity index (χ1n) is 10.1. The molecule has 4 heterocycles. The Balaban J connectivity index is 1.28. The Morgan fingerprint density at radius 3 is 2.60 bits per heavy atom. The van der Waals surface area contributed by atoms with Crippen LogP contribution in [0.3, 0.4) is 0 Å². The lowest BCUT2D eigenvalue weighted by molar-refractivity contribution is -0.133. The van der Waals surface area contributed by atoms with Gasteiger partial charge in [0.15, 0.2) is 0 Å². The second-order valence-corrected chi connectivity index (χ2v) is 8.64. The van der Waals surface area contributed by atoms with Crippen LogP contribution >= 0.6 is 11.3 Å². The van der Waals surface area contributed by atoms with Gasteiger partial charge in [0.05, 0.1) is 10.2 Å². The van der Waals surface area contributed by atoms with Gasteiger partial charge in [0.25, 0.3) is 5.56 Å². The zero-order chi connectivity index (χ0) is 20.7. The van der Waals surface area contributed by atoms with Crippen LogP contribution in [-0.4, -0.2) is 56.1 Å². The molecule has 5 rings (SSSR count). The summed E-state index contributed by atoms with van der Waals surface area (Å²) in [7, 11) is 0. The van der Waals surface area contributed by atoms with Crippen LogP contribution in [0.5, 0.6) is 0 Å². The molecule has 0 spiro atoms. The van der Waals surface area contributed by atoms with E-state index in [-0.39, 0.29) is 18.0 Å². The molecule has 30 heavy (non-hydrogen) atoms. The third kappa shape index (κ3) is 3.42. The fourth-order valence-corrected chi connectivity index (χ4v) is 4.96. The van der Waals surface area contributed by atoms with E-state index >= 15 is 0 Å². The van der Waals surface area contributed by atoms with E-state index in [1.54, 1.807) is 11.3 Å². The maximum atomic E-state index is 12.9. The molecule has 4 aromatic rings. The molecule has 3 aromatic heterocycles. The van der Waals surface area contributed by atoms with Crippen molar-refractivity contribution < 1.29 is 4.79 Å². The van der Waals surface area contributed by atoms with Crippen LogP contribution in [0.4, 0.5) is 0 Å². The van der Waals surface area contributed by atoms with Gasteiger partial charge in [-0.3, -0.25) is 18.9 Å². The van der Waals surface area contributed by atoms with E-state index in [0.29, 0.717) is 24.4 Å². The standard InChI is InChI=1S/C22H23N5O2S/c1-16-23-26(22(29)19-13-20-18(27(16)19)7-12-30-20)15-21(28)25-10-8-24(9-11-25)14-17-5-3-2-4-6-17/h2-7,12-13H,8-11,14-15H2,1H3. The Morgan fingerprint density at radius 2 is 1.83 bits per heavy atom. The predicted octanol–water partition coefficient (Wildman–Crippen LogP) is 2.36. The van der Waals surface area contributed by atoms with Gasteiger partial charge < -0.3 is 4.90 Å². The Kier molecular flexibility index (Phi) is 4.88. The number of fused-ring (bicyclic) bond motifs is 3. The lowest BCUT2D eigenvalue weighted by atomic mass is 10.2. The maximum absolute atomic E-state index is 12.9. The number of hydrogen-bond donors (Lipinski definition) is 0. The van der Waals surface area contributed by atoms with E-state index in [1.165, 1.54) is 10.2 Å². The molecule has 154 valence electrons. The summed E-state index contributed by atoms with van der Waals surface area (Å²) in [5.41, 5.74) is 2.62. The number of thiophene rings is 1. The smallest absolute Gasteiger partial charge is 0.291 e. The number of benzene rings is 1. The number of nitrogens with zero attached hydrogens (tertiary/aromatic N) is 5. The number of piperazine rings is 1. The Morgan fingerprint density at radius 1 is 1.07 bits per heavy atom. The van der Waals surface area contributed by atoms with Gasteiger partial charge in [0.1, 0.15) is 17.9 Å². The van der Waals surface area contributed by atoms with Gasteiger partial charge in [0.2, 0.25) is 5.91 Å². The average Bonchev–Trinajstić information content (AvgIpc) is 3.34. The zero-order valence-corrected chi connectivity index (χ0v) is 17.6. The fraction of sp³-hybridized carbons (Fsp3) is 0.318. The summed E-state index contributed by atoms with van der Waals surface area (Å²) < 4.78 is 4.24. The Bertz CT molecular complexity index is 1270. The first-order chi connectivity index (χ1) is 14.6. The van der Waals surface area contributed by atoms with Gasteiger partial charge in [-0.1, -0.05) is 30.3 Å². The molecular formula is C22H23N5O2S. The average molecular weight is 422 g/mol. The summed E-state index contributed by atoms with van der Waals surface area (Å²) in [5, 5.41) is 6.43. The molecule has 0 aliphatic carbocycles. The normalized spacial score (nSPS) is 15.3. The van der Waals surface area contributed by atoms with E-state index in [2.05, 4.69) is 22.1 Å². The molecule has 1 aliphatic heterocycles. The molecule has 0 radical (unpaired) electrons. The quantitative estimate of drug-likeness (QED) is 0.508. The van der Waals surface area contributed by atoms with Crippen molar-refractivity contribution in [2.75, 3.05) is 26.2 Å². The van der Waals surface area contributed by atoms with Crippen LogP contribution in [0, 0.1) is 6.92 Å². The summed E-state index contributed by atoms with van der Waals surface area (Å²) in [6, 6.07) is 14.2. The van der Waals surface area contributed by atoms with Gasteiger partial charge in [-0.25, -0.2) is 4.68 Å². The molecule has 1 aromatic carbocycles. The number of amides is 1. The van der Waals surface area contributed by atoms with Crippen molar-refractivity contribution in [3.63, 3.8) is 0 Å². The van der Waals surface area contributed by atoms with Gasteiger partial charge in [-0.05, 0) is 30.0 Å².